The predicted molar refractivity (Wildman–Crippen MR) is 37.6 cm³/mol. The summed E-state index contributed by atoms with van der Waals surface area (Å²) in [6.07, 6.45) is 1.40. The molecule has 1 atom stereocenters. The van der Waals surface area contributed by atoms with Gasteiger partial charge in [-0.1, -0.05) is 0 Å². The van der Waals surface area contributed by atoms with Gasteiger partial charge in [0.25, 0.3) is 0 Å². The van der Waals surface area contributed by atoms with Gasteiger partial charge in [0.2, 0.25) is 5.54 Å². The van der Waals surface area contributed by atoms with Crippen LogP contribution in [0, 0.1) is 11.3 Å². The number of ether oxygens (including phenoxy) is 1. The highest BCUT2D eigenvalue weighted by Gasteiger charge is 2.42. The van der Waals surface area contributed by atoms with Gasteiger partial charge in [0.1, 0.15) is 0 Å². The van der Waals surface area contributed by atoms with Gasteiger partial charge in [0.15, 0.2) is 0 Å². The number of rotatable bonds is 1. The van der Waals surface area contributed by atoms with Crippen molar-refractivity contribution in [2.24, 2.45) is 0 Å². The maximum Gasteiger partial charge on any atom is 0.340 e. The third kappa shape index (κ3) is 1.19. The van der Waals surface area contributed by atoms with E-state index >= 15 is 0 Å². The second-order valence-electron chi connectivity index (χ2n) is 2.54. The molecule has 60 valence electrons. The fourth-order valence-electron chi connectivity index (χ4n) is 1.23. The number of hydrogen-bond donors (Lipinski definition) is 1. The molecule has 0 saturated carbocycles. The van der Waals surface area contributed by atoms with Crippen LogP contribution < -0.4 is 5.32 Å². The van der Waals surface area contributed by atoms with Crippen LogP contribution in [0.1, 0.15) is 12.8 Å². The van der Waals surface area contributed by atoms with Crippen LogP contribution in [0.3, 0.4) is 0 Å². The highest BCUT2D eigenvalue weighted by Crippen LogP contribution is 2.19. The highest BCUT2D eigenvalue weighted by molar-refractivity contribution is 5.84. The van der Waals surface area contributed by atoms with E-state index in [1.165, 1.54) is 7.11 Å². The largest absolute Gasteiger partial charge is 0.467 e. The summed E-state index contributed by atoms with van der Waals surface area (Å²) >= 11 is 0. The monoisotopic (exact) mass is 154 g/mol. The van der Waals surface area contributed by atoms with Crippen molar-refractivity contribution in [2.75, 3.05) is 13.7 Å². The second-order valence-corrected chi connectivity index (χ2v) is 2.54. The molecule has 0 spiro atoms. The molecule has 1 heterocycles. The van der Waals surface area contributed by atoms with Gasteiger partial charge in [-0.2, -0.15) is 5.26 Å². The molecule has 1 saturated heterocycles. The summed E-state index contributed by atoms with van der Waals surface area (Å²) in [5.74, 6) is -0.475. The van der Waals surface area contributed by atoms with Crippen molar-refractivity contribution in [1.82, 2.24) is 5.32 Å². The maximum absolute atomic E-state index is 11.1. The highest BCUT2D eigenvalue weighted by atomic mass is 16.5. The van der Waals surface area contributed by atoms with Crippen LogP contribution in [0.2, 0.25) is 0 Å². The van der Waals surface area contributed by atoms with Crippen LogP contribution in [-0.4, -0.2) is 25.2 Å². The van der Waals surface area contributed by atoms with Crippen molar-refractivity contribution < 1.29 is 9.53 Å². The Kier molecular flexibility index (Phi) is 2.11. The molecule has 0 aliphatic carbocycles. The van der Waals surface area contributed by atoms with Crippen molar-refractivity contribution in [3.05, 3.63) is 0 Å². The summed E-state index contributed by atoms with van der Waals surface area (Å²) in [5.41, 5.74) is -1.06. The standard InChI is InChI=1S/C7H10N2O2/c1-11-6(10)7(5-8)3-2-4-9-7/h9H,2-4H2,1H3/t7-/m1/s1. The third-order valence-electron chi connectivity index (χ3n) is 1.88. The first-order valence-corrected chi connectivity index (χ1v) is 3.50. The first-order valence-electron chi connectivity index (χ1n) is 3.50. The SMILES string of the molecule is COC(=O)[C@]1(C#N)CCCN1. The zero-order chi connectivity index (χ0) is 8.32. The van der Waals surface area contributed by atoms with E-state index in [-0.39, 0.29) is 0 Å². The molecule has 0 aromatic heterocycles. The quantitative estimate of drug-likeness (QED) is 0.531. The summed E-state index contributed by atoms with van der Waals surface area (Å²) in [6.45, 7) is 0.711. The molecule has 0 aromatic rings. The van der Waals surface area contributed by atoms with Crippen LogP contribution in [0.4, 0.5) is 0 Å². The summed E-state index contributed by atoms with van der Waals surface area (Å²) in [7, 11) is 1.29. The van der Waals surface area contributed by atoms with Crippen LogP contribution in [0.15, 0.2) is 0 Å². The lowest BCUT2D eigenvalue weighted by atomic mass is 10.0. The lowest BCUT2D eigenvalue weighted by Gasteiger charge is -2.16. The van der Waals surface area contributed by atoms with E-state index < -0.39 is 11.5 Å². The number of esters is 1. The molecule has 1 fully saturated rings. The van der Waals surface area contributed by atoms with E-state index in [9.17, 15) is 4.79 Å². The number of methoxy groups -OCH3 is 1. The first-order chi connectivity index (χ1) is 5.25. The van der Waals surface area contributed by atoms with E-state index in [1.807, 2.05) is 6.07 Å². The van der Waals surface area contributed by atoms with Gasteiger partial charge in [0, 0.05) is 0 Å². The van der Waals surface area contributed by atoms with Gasteiger partial charge in [0.05, 0.1) is 13.2 Å². The van der Waals surface area contributed by atoms with Gasteiger partial charge in [-0.15, -0.1) is 0 Å². The Hall–Kier alpha value is -1.08. The van der Waals surface area contributed by atoms with Crippen LogP contribution in [0.25, 0.3) is 0 Å². The maximum atomic E-state index is 11.1. The first kappa shape index (κ1) is 8.02. The average molecular weight is 154 g/mol. The zero-order valence-corrected chi connectivity index (χ0v) is 6.39. The number of nitrogens with one attached hydrogen (secondary N) is 1. The Morgan fingerprint density at radius 1 is 1.82 bits per heavy atom. The summed E-state index contributed by atoms with van der Waals surface area (Å²) in [4.78, 5) is 11.1. The summed E-state index contributed by atoms with van der Waals surface area (Å²) < 4.78 is 4.50. The smallest absolute Gasteiger partial charge is 0.340 e. The predicted octanol–water partition coefficient (Wildman–Crippen LogP) is -0.195. The minimum atomic E-state index is -1.06. The van der Waals surface area contributed by atoms with Gasteiger partial charge in [-0.25, -0.2) is 4.79 Å². The van der Waals surface area contributed by atoms with Crippen LogP contribution in [-0.2, 0) is 9.53 Å². The molecule has 0 aromatic carbocycles. The molecule has 0 bridgehead atoms. The van der Waals surface area contributed by atoms with Crippen molar-refractivity contribution in [3.63, 3.8) is 0 Å². The topological polar surface area (TPSA) is 62.1 Å². The van der Waals surface area contributed by atoms with Crippen molar-refractivity contribution in [2.45, 2.75) is 18.4 Å². The second kappa shape index (κ2) is 2.89. The Morgan fingerprint density at radius 2 is 2.55 bits per heavy atom. The fraction of sp³-hybridized carbons (Fsp3) is 0.714. The minimum absolute atomic E-state index is 0.475. The van der Waals surface area contributed by atoms with Gasteiger partial charge >= 0.3 is 5.97 Å². The average Bonchev–Trinajstić information content (AvgIpc) is 2.52. The molecular weight excluding hydrogens is 144 g/mol. The van der Waals surface area contributed by atoms with E-state index in [0.717, 1.165) is 6.42 Å². The molecule has 0 unspecified atom stereocenters. The van der Waals surface area contributed by atoms with Crippen molar-refractivity contribution in [3.8, 4) is 6.07 Å². The van der Waals surface area contributed by atoms with E-state index in [2.05, 4.69) is 10.1 Å². The van der Waals surface area contributed by atoms with E-state index in [0.29, 0.717) is 13.0 Å². The summed E-state index contributed by atoms with van der Waals surface area (Å²) in [5, 5.41) is 11.5. The molecule has 1 aliphatic heterocycles. The number of carbonyl (C=O) groups excluding carboxylic acids is 1. The Morgan fingerprint density at radius 3 is 2.91 bits per heavy atom. The minimum Gasteiger partial charge on any atom is -0.467 e. The Bertz CT molecular complexity index is 201. The van der Waals surface area contributed by atoms with Gasteiger partial charge in [-0.3, -0.25) is 5.32 Å². The molecule has 4 heteroatoms. The molecule has 11 heavy (non-hydrogen) atoms. The Labute approximate surface area is 65.1 Å². The van der Waals surface area contributed by atoms with Gasteiger partial charge < -0.3 is 4.74 Å². The molecule has 0 radical (unpaired) electrons. The number of nitrogens with zero attached hydrogens (tertiary/aromatic N) is 1. The van der Waals surface area contributed by atoms with Gasteiger partial charge in [-0.05, 0) is 19.4 Å². The van der Waals surface area contributed by atoms with Crippen LogP contribution >= 0.6 is 0 Å². The number of carbonyl (C=O) groups is 1. The molecular formula is C7H10N2O2. The van der Waals surface area contributed by atoms with E-state index in [4.69, 9.17) is 5.26 Å². The van der Waals surface area contributed by atoms with E-state index in [1.54, 1.807) is 0 Å². The third-order valence-corrected chi connectivity index (χ3v) is 1.88. The molecule has 4 nitrogen and oxygen atoms in total. The molecule has 0 amide bonds. The lowest BCUT2D eigenvalue weighted by molar-refractivity contribution is -0.145. The molecule has 1 rings (SSSR count). The normalized spacial score (nSPS) is 29.5. The fourth-order valence-corrected chi connectivity index (χ4v) is 1.23. The van der Waals surface area contributed by atoms with Crippen LogP contribution in [0.5, 0.6) is 0 Å². The lowest BCUT2D eigenvalue weighted by Crippen LogP contribution is -2.46. The summed E-state index contributed by atoms with van der Waals surface area (Å²) in [6, 6.07) is 1.94. The Balaban J connectivity index is 2.76. The zero-order valence-electron chi connectivity index (χ0n) is 6.39. The molecule has 1 aliphatic rings. The van der Waals surface area contributed by atoms with Crippen molar-refractivity contribution >= 4 is 5.97 Å². The van der Waals surface area contributed by atoms with Crippen molar-refractivity contribution in [1.29, 1.82) is 5.26 Å². The molecule has 1 N–H and O–H groups in total. The number of hydrogen-bond acceptors (Lipinski definition) is 4. The number of nitriles is 1.